The Morgan fingerprint density at radius 1 is 1.29 bits per heavy atom. The molecule has 2 N–H and O–H groups in total. The number of benzene rings is 1. The van der Waals surface area contributed by atoms with Crippen molar-refractivity contribution in [3.63, 3.8) is 0 Å². The maximum absolute atomic E-state index is 12.8. The van der Waals surface area contributed by atoms with Gasteiger partial charge in [-0.25, -0.2) is 0 Å². The molecule has 1 aliphatic heterocycles. The van der Waals surface area contributed by atoms with Gasteiger partial charge in [-0.2, -0.15) is 0 Å². The molecular formula is C19H22N2O2S. The molecule has 1 amide bonds. The fourth-order valence-corrected chi connectivity index (χ4v) is 5.16. The summed E-state index contributed by atoms with van der Waals surface area (Å²) in [6.07, 6.45) is 4.29. The van der Waals surface area contributed by atoms with E-state index in [2.05, 4.69) is 17.6 Å². The fourth-order valence-electron chi connectivity index (χ4n) is 3.78. The van der Waals surface area contributed by atoms with Gasteiger partial charge < -0.3 is 15.4 Å². The molecule has 2 aliphatic rings. The molecule has 0 spiro atoms. The van der Waals surface area contributed by atoms with E-state index in [0.717, 1.165) is 40.6 Å². The van der Waals surface area contributed by atoms with E-state index in [-0.39, 0.29) is 12.1 Å². The molecule has 2 aromatic rings. The van der Waals surface area contributed by atoms with Crippen molar-refractivity contribution in [2.45, 2.75) is 38.8 Å². The number of nitrogens with one attached hydrogen (secondary N) is 2. The minimum atomic E-state index is -0.247. The van der Waals surface area contributed by atoms with Crippen molar-refractivity contribution in [2.24, 2.45) is 5.92 Å². The molecule has 0 fully saturated rings. The highest BCUT2D eigenvalue weighted by Crippen LogP contribution is 2.43. The normalized spacial score (nSPS) is 22.2. The Morgan fingerprint density at radius 2 is 2.12 bits per heavy atom. The van der Waals surface area contributed by atoms with E-state index in [4.69, 9.17) is 4.74 Å². The molecule has 0 radical (unpaired) electrons. The van der Waals surface area contributed by atoms with Crippen molar-refractivity contribution in [3.8, 4) is 5.75 Å². The minimum absolute atomic E-state index is 0.0344. The zero-order valence-corrected chi connectivity index (χ0v) is 14.8. The number of amides is 1. The highest BCUT2D eigenvalue weighted by Gasteiger charge is 2.34. The standard InChI is InChI=1S/C19H22N2O2S/c1-3-11-8-9-13-15(10-11)24-19-16(13)18(22)20-17(21-19)12-6-4-5-7-14(12)23-2/h4-7,11,17,21H,3,8-10H2,1-2H3,(H,20,22)/t11-,17-/m1/s1. The predicted molar refractivity (Wildman–Crippen MR) is 96.9 cm³/mol. The molecule has 0 saturated carbocycles. The number of anilines is 1. The molecule has 4 rings (SSSR count). The summed E-state index contributed by atoms with van der Waals surface area (Å²) < 4.78 is 5.44. The molecule has 24 heavy (non-hydrogen) atoms. The summed E-state index contributed by atoms with van der Waals surface area (Å²) in [5, 5.41) is 7.63. The van der Waals surface area contributed by atoms with Crippen LogP contribution in [0.25, 0.3) is 0 Å². The molecule has 5 heteroatoms. The van der Waals surface area contributed by atoms with Gasteiger partial charge in [0.15, 0.2) is 0 Å². The monoisotopic (exact) mass is 342 g/mol. The third-order valence-corrected chi connectivity index (χ3v) is 6.36. The first kappa shape index (κ1) is 15.5. The average Bonchev–Trinajstić information content (AvgIpc) is 2.99. The van der Waals surface area contributed by atoms with E-state index >= 15 is 0 Å². The average molecular weight is 342 g/mol. The highest BCUT2D eigenvalue weighted by molar-refractivity contribution is 7.16. The van der Waals surface area contributed by atoms with Gasteiger partial charge in [0.1, 0.15) is 16.9 Å². The smallest absolute Gasteiger partial charge is 0.256 e. The van der Waals surface area contributed by atoms with Gasteiger partial charge in [-0.3, -0.25) is 4.79 Å². The van der Waals surface area contributed by atoms with Gasteiger partial charge in [0.25, 0.3) is 5.91 Å². The Balaban J connectivity index is 1.69. The lowest BCUT2D eigenvalue weighted by Crippen LogP contribution is -2.38. The van der Waals surface area contributed by atoms with Crippen LogP contribution < -0.4 is 15.4 Å². The van der Waals surface area contributed by atoms with Crippen LogP contribution in [0.2, 0.25) is 0 Å². The summed E-state index contributed by atoms with van der Waals surface area (Å²) in [4.78, 5) is 14.2. The second-order valence-corrected chi connectivity index (χ2v) is 7.62. The first-order valence-electron chi connectivity index (χ1n) is 8.56. The molecule has 1 aromatic heterocycles. The van der Waals surface area contributed by atoms with Gasteiger partial charge in [0, 0.05) is 10.4 Å². The number of rotatable bonds is 3. The lowest BCUT2D eigenvalue weighted by molar-refractivity contribution is 0.0934. The molecule has 1 aliphatic carbocycles. The Bertz CT molecular complexity index is 784. The number of ether oxygens (including phenoxy) is 1. The third kappa shape index (κ3) is 2.47. The highest BCUT2D eigenvalue weighted by atomic mass is 32.1. The lowest BCUT2D eigenvalue weighted by atomic mass is 9.85. The van der Waals surface area contributed by atoms with Gasteiger partial charge in [0.05, 0.1) is 12.7 Å². The predicted octanol–water partition coefficient (Wildman–Crippen LogP) is 4.13. The van der Waals surface area contributed by atoms with Crippen molar-refractivity contribution >= 4 is 22.2 Å². The maximum atomic E-state index is 12.8. The Hall–Kier alpha value is -2.01. The first-order chi connectivity index (χ1) is 11.7. The van der Waals surface area contributed by atoms with Crippen LogP contribution in [0, 0.1) is 5.92 Å². The second-order valence-electron chi connectivity index (χ2n) is 6.52. The van der Waals surface area contributed by atoms with Crippen LogP contribution in [0.5, 0.6) is 5.75 Å². The zero-order chi connectivity index (χ0) is 16.7. The van der Waals surface area contributed by atoms with E-state index in [1.54, 1.807) is 18.4 Å². The number of hydrogen-bond donors (Lipinski definition) is 2. The topological polar surface area (TPSA) is 50.4 Å². The summed E-state index contributed by atoms with van der Waals surface area (Å²) in [5.41, 5.74) is 3.09. The molecule has 4 nitrogen and oxygen atoms in total. The molecular weight excluding hydrogens is 320 g/mol. The number of hydrogen-bond acceptors (Lipinski definition) is 4. The second kappa shape index (κ2) is 6.13. The van der Waals surface area contributed by atoms with Crippen molar-refractivity contribution < 1.29 is 9.53 Å². The van der Waals surface area contributed by atoms with Crippen LogP contribution >= 0.6 is 11.3 Å². The van der Waals surface area contributed by atoms with Crippen LogP contribution in [-0.4, -0.2) is 13.0 Å². The van der Waals surface area contributed by atoms with Gasteiger partial charge in [-0.05, 0) is 36.8 Å². The van der Waals surface area contributed by atoms with Crippen molar-refractivity contribution in [2.75, 3.05) is 12.4 Å². The number of para-hydroxylation sites is 1. The molecule has 2 heterocycles. The SMILES string of the molecule is CC[C@@H]1CCc2c(sc3c2C(=O)N[C@@H](c2ccccc2OC)N3)C1. The van der Waals surface area contributed by atoms with Crippen LogP contribution in [0.3, 0.4) is 0 Å². The number of fused-ring (bicyclic) bond motifs is 3. The summed E-state index contributed by atoms with van der Waals surface area (Å²) in [5.74, 6) is 1.57. The fraction of sp³-hybridized carbons (Fsp3) is 0.421. The van der Waals surface area contributed by atoms with E-state index in [1.165, 1.54) is 23.3 Å². The summed E-state index contributed by atoms with van der Waals surface area (Å²) in [6.45, 7) is 2.26. The molecule has 126 valence electrons. The summed E-state index contributed by atoms with van der Waals surface area (Å²) in [6, 6.07) is 7.81. The van der Waals surface area contributed by atoms with Gasteiger partial charge in [-0.15, -0.1) is 11.3 Å². The van der Waals surface area contributed by atoms with Crippen LogP contribution in [-0.2, 0) is 12.8 Å². The third-order valence-electron chi connectivity index (χ3n) is 5.17. The van der Waals surface area contributed by atoms with Crippen molar-refractivity contribution in [1.29, 1.82) is 0 Å². The summed E-state index contributed by atoms with van der Waals surface area (Å²) >= 11 is 1.76. The Kier molecular flexibility index (Phi) is 3.96. The molecule has 2 atom stereocenters. The quantitative estimate of drug-likeness (QED) is 0.882. The zero-order valence-electron chi connectivity index (χ0n) is 14.0. The number of methoxy groups -OCH3 is 1. The molecule has 0 bridgehead atoms. The Morgan fingerprint density at radius 3 is 2.92 bits per heavy atom. The van der Waals surface area contributed by atoms with Gasteiger partial charge in [0.2, 0.25) is 0 Å². The lowest BCUT2D eigenvalue weighted by Gasteiger charge is -2.28. The van der Waals surface area contributed by atoms with E-state index < -0.39 is 0 Å². The van der Waals surface area contributed by atoms with Crippen LogP contribution in [0.1, 0.15) is 52.3 Å². The van der Waals surface area contributed by atoms with Gasteiger partial charge in [-0.1, -0.05) is 31.5 Å². The molecule has 0 unspecified atom stereocenters. The molecule has 0 saturated heterocycles. The van der Waals surface area contributed by atoms with Gasteiger partial charge >= 0.3 is 0 Å². The minimum Gasteiger partial charge on any atom is -0.496 e. The van der Waals surface area contributed by atoms with Crippen molar-refractivity contribution in [1.82, 2.24) is 5.32 Å². The van der Waals surface area contributed by atoms with E-state index in [0.29, 0.717) is 0 Å². The number of thiophene rings is 1. The summed E-state index contributed by atoms with van der Waals surface area (Å²) in [7, 11) is 1.66. The number of carbonyl (C=O) groups is 1. The maximum Gasteiger partial charge on any atom is 0.256 e. The van der Waals surface area contributed by atoms with E-state index in [1.807, 2.05) is 24.3 Å². The van der Waals surface area contributed by atoms with Crippen LogP contribution in [0.4, 0.5) is 5.00 Å². The van der Waals surface area contributed by atoms with Crippen LogP contribution in [0.15, 0.2) is 24.3 Å². The number of carbonyl (C=O) groups excluding carboxylic acids is 1. The van der Waals surface area contributed by atoms with E-state index in [9.17, 15) is 4.79 Å². The largest absolute Gasteiger partial charge is 0.496 e. The molecule has 1 aromatic carbocycles. The first-order valence-corrected chi connectivity index (χ1v) is 9.37. The van der Waals surface area contributed by atoms with Crippen molar-refractivity contribution in [3.05, 3.63) is 45.8 Å². The Labute approximate surface area is 146 Å².